The smallest absolute Gasteiger partial charge is 0.337 e. The summed E-state index contributed by atoms with van der Waals surface area (Å²) in [6.45, 7) is 1.60. The Labute approximate surface area is 149 Å². The Bertz CT molecular complexity index is 682. The van der Waals surface area contributed by atoms with Gasteiger partial charge in [-0.3, -0.25) is 4.99 Å². The van der Waals surface area contributed by atoms with E-state index in [1.54, 1.807) is 19.2 Å². The molecule has 0 aromatic heterocycles. The second-order valence-electron chi connectivity index (χ2n) is 5.60. The fourth-order valence-electron chi connectivity index (χ4n) is 2.44. The van der Waals surface area contributed by atoms with Crippen molar-refractivity contribution in [1.29, 1.82) is 0 Å². The molecule has 0 atom stereocenters. The zero-order valence-electron chi connectivity index (χ0n) is 14.8. The molecule has 2 aromatic rings. The SMILES string of the molecule is CN=C(NCCc1ccccc1)NCCc1ccc(C(=O)OC)cc1. The van der Waals surface area contributed by atoms with E-state index < -0.39 is 0 Å². The summed E-state index contributed by atoms with van der Waals surface area (Å²) in [5.41, 5.74) is 3.02. The molecule has 0 fully saturated rings. The number of esters is 1. The number of rotatable bonds is 7. The molecule has 132 valence electrons. The highest BCUT2D eigenvalue weighted by Crippen LogP contribution is 2.06. The predicted octanol–water partition coefficient (Wildman–Crippen LogP) is 2.42. The molecule has 2 rings (SSSR count). The predicted molar refractivity (Wildman–Crippen MR) is 101 cm³/mol. The average molecular weight is 339 g/mol. The third-order valence-electron chi connectivity index (χ3n) is 3.85. The van der Waals surface area contributed by atoms with Crippen LogP contribution >= 0.6 is 0 Å². The lowest BCUT2D eigenvalue weighted by Crippen LogP contribution is -2.39. The molecule has 5 heteroatoms. The summed E-state index contributed by atoms with van der Waals surface area (Å²) in [5.74, 6) is 0.481. The summed E-state index contributed by atoms with van der Waals surface area (Å²) >= 11 is 0. The molecule has 0 amide bonds. The van der Waals surface area contributed by atoms with Crippen LogP contribution in [0.5, 0.6) is 0 Å². The Kier molecular flexibility index (Phi) is 7.50. The molecule has 0 heterocycles. The molecule has 0 saturated carbocycles. The number of methoxy groups -OCH3 is 1. The molecule has 2 aromatic carbocycles. The van der Waals surface area contributed by atoms with E-state index in [0.717, 1.165) is 37.5 Å². The van der Waals surface area contributed by atoms with Gasteiger partial charge in [-0.25, -0.2) is 4.79 Å². The molecule has 0 saturated heterocycles. The zero-order valence-corrected chi connectivity index (χ0v) is 14.8. The van der Waals surface area contributed by atoms with Gasteiger partial charge in [-0.05, 0) is 36.1 Å². The lowest BCUT2D eigenvalue weighted by Gasteiger charge is -2.12. The van der Waals surface area contributed by atoms with Crippen molar-refractivity contribution in [2.75, 3.05) is 27.2 Å². The van der Waals surface area contributed by atoms with Gasteiger partial charge in [0.1, 0.15) is 0 Å². The average Bonchev–Trinajstić information content (AvgIpc) is 2.67. The van der Waals surface area contributed by atoms with E-state index in [-0.39, 0.29) is 5.97 Å². The lowest BCUT2D eigenvalue weighted by atomic mass is 10.1. The number of carbonyl (C=O) groups excluding carboxylic acids is 1. The van der Waals surface area contributed by atoms with Crippen LogP contribution in [0.4, 0.5) is 0 Å². The van der Waals surface area contributed by atoms with E-state index in [9.17, 15) is 4.79 Å². The normalized spacial score (nSPS) is 11.0. The van der Waals surface area contributed by atoms with E-state index in [2.05, 4.69) is 27.8 Å². The van der Waals surface area contributed by atoms with Crippen molar-refractivity contribution < 1.29 is 9.53 Å². The molecule has 0 bridgehead atoms. The molecule has 0 spiro atoms. The van der Waals surface area contributed by atoms with Gasteiger partial charge < -0.3 is 15.4 Å². The number of hydrogen-bond acceptors (Lipinski definition) is 3. The maximum atomic E-state index is 11.4. The monoisotopic (exact) mass is 339 g/mol. The Hall–Kier alpha value is -2.82. The fourth-order valence-corrected chi connectivity index (χ4v) is 2.44. The highest BCUT2D eigenvalue weighted by Gasteiger charge is 2.04. The number of ether oxygens (including phenoxy) is 1. The second kappa shape index (κ2) is 10.1. The number of guanidine groups is 1. The van der Waals surface area contributed by atoms with Crippen LogP contribution in [-0.4, -0.2) is 39.2 Å². The summed E-state index contributed by atoms with van der Waals surface area (Å²) < 4.78 is 4.70. The van der Waals surface area contributed by atoms with Crippen LogP contribution in [0.2, 0.25) is 0 Å². The van der Waals surface area contributed by atoms with Crippen molar-refractivity contribution in [3.05, 3.63) is 71.3 Å². The molecule has 0 radical (unpaired) electrons. The zero-order chi connectivity index (χ0) is 17.9. The minimum atomic E-state index is -0.312. The maximum absolute atomic E-state index is 11.4. The van der Waals surface area contributed by atoms with Crippen LogP contribution in [0.15, 0.2) is 59.6 Å². The van der Waals surface area contributed by atoms with Gasteiger partial charge in [0, 0.05) is 20.1 Å². The molecular weight excluding hydrogens is 314 g/mol. The first-order valence-corrected chi connectivity index (χ1v) is 8.38. The first-order valence-electron chi connectivity index (χ1n) is 8.38. The maximum Gasteiger partial charge on any atom is 0.337 e. The van der Waals surface area contributed by atoms with E-state index in [0.29, 0.717) is 5.56 Å². The Balaban J connectivity index is 1.71. The summed E-state index contributed by atoms with van der Waals surface area (Å²) in [6.07, 6.45) is 1.80. The van der Waals surface area contributed by atoms with Crippen LogP contribution < -0.4 is 10.6 Å². The van der Waals surface area contributed by atoms with Crippen molar-refractivity contribution in [1.82, 2.24) is 10.6 Å². The van der Waals surface area contributed by atoms with Crippen molar-refractivity contribution in [2.24, 2.45) is 4.99 Å². The van der Waals surface area contributed by atoms with Gasteiger partial charge in [-0.2, -0.15) is 0 Å². The van der Waals surface area contributed by atoms with Crippen molar-refractivity contribution in [3.8, 4) is 0 Å². The minimum Gasteiger partial charge on any atom is -0.465 e. The van der Waals surface area contributed by atoms with Crippen LogP contribution in [0, 0.1) is 0 Å². The molecular formula is C20H25N3O2. The first-order chi connectivity index (χ1) is 12.2. The van der Waals surface area contributed by atoms with E-state index in [4.69, 9.17) is 4.74 Å². The largest absolute Gasteiger partial charge is 0.465 e. The third-order valence-corrected chi connectivity index (χ3v) is 3.85. The molecule has 2 N–H and O–H groups in total. The van der Waals surface area contributed by atoms with E-state index in [1.165, 1.54) is 12.7 Å². The van der Waals surface area contributed by atoms with Crippen molar-refractivity contribution >= 4 is 11.9 Å². The van der Waals surface area contributed by atoms with E-state index >= 15 is 0 Å². The molecule has 0 aliphatic heterocycles. The Morgan fingerprint density at radius 1 is 0.920 bits per heavy atom. The number of nitrogens with zero attached hydrogens (tertiary/aromatic N) is 1. The van der Waals surface area contributed by atoms with Crippen LogP contribution in [0.1, 0.15) is 21.5 Å². The van der Waals surface area contributed by atoms with Gasteiger partial charge in [0.05, 0.1) is 12.7 Å². The number of benzene rings is 2. The quantitative estimate of drug-likeness (QED) is 0.462. The molecule has 5 nitrogen and oxygen atoms in total. The third kappa shape index (κ3) is 6.30. The molecule has 0 aliphatic rings. The van der Waals surface area contributed by atoms with Gasteiger partial charge >= 0.3 is 5.97 Å². The first kappa shape index (κ1) is 18.5. The summed E-state index contributed by atoms with van der Waals surface area (Å²) in [4.78, 5) is 15.6. The summed E-state index contributed by atoms with van der Waals surface area (Å²) in [6, 6.07) is 17.8. The second-order valence-corrected chi connectivity index (χ2v) is 5.60. The van der Waals surface area contributed by atoms with Crippen LogP contribution in [-0.2, 0) is 17.6 Å². The van der Waals surface area contributed by atoms with Crippen LogP contribution in [0.25, 0.3) is 0 Å². The highest BCUT2D eigenvalue weighted by atomic mass is 16.5. The Morgan fingerprint density at radius 3 is 2.00 bits per heavy atom. The topological polar surface area (TPSA) is 62.7 Å². The summed E-state index contributed by atoms with van der Waals surface area (Å²) in [7, 11) is 3.15. The fraction of sp³-hybridized carbons (Fsp3) is 0.300. The molecule has 0 unspecified atom stereocenters. The van der Waals surface area contributed by atoms with Gasteiger partial charge in [0.2, 0.25) is 0 Å². The standard InChI is InChI=1S/C20H25N3O2/c1-21-20(22-14-12-16-6-4-3-5-7-16)23-15-13-17-8-10-18(11-9-17)19(24)25-2/h3-11H,12-15H2,1-2H3,(H2,21,22,23). The van der Waals surface area contributed by atoms with Crippen molar-refractivity contribution in [2.45, 2.75) is 12.8 Å². The number of carbonyl (C=O) groups is 1. The van der Waals surface area contributed by atoms with Gasteiger partial charge in [0.15, 0.2) is 5.96 Å². The lowest BCUT2D eigenvalue weighted by molar-refractivity contribution is 0.0600. The molecule has 0 aliphatic carbocycles. The van der Waals surface area contributed by atoms with Crippen LogP contribution in [0.3, 0.4) is 0 Å². The van der Waals surface area contributed by atoms with Crippen molar-refractivity contribution in [3.63, 3.8) is 0 Å². The van der Waals surface area contributed by atoms with Gasteiger partial charge in [-0.15, -0.1) is 0 Å². The number of hydrogen-bond donors (Lipinski definition) is 2. The number of aliphatic imine (C=N–C) groups is 1. The number of nitrogens with one attached hydrogen (secondary N) is 2. The Morgan fingerprint density at radius 2 is 1.48 bits per heavy atom. The van der Waals surface area contributed by atoms with Gasteiger partial charge in [-0.1, -0.05) is 42.5 Å². The van der Waals surface area contributed by atoms with Gasteiger partial charge in [0.25, 0.3) is 0 Å². The minimum absolute atomic E-state index is 0.312. The molecule has 25 heavy (non-hydrogen) atoms. The summed E-state index contributed by atoms with van der Waals surface area (Å²) in [5, 5.41) is 6.61. The highest BCUT2D eigenvalue weighted by molar-refractivity contribution is 5.89. The van der Waals surface area contributed by atoms with E-state index in [1.807, 2.05) is 30.3 Å².